The van der Waals surface area contributed by atoms with Gasteiger partial charge in [-0.25, -0.2) is 9.13 Å². The first-order valence-electron chi connectivity index (χ1n) is 31.1. The summed E-state index contributed by atoms with van der Waals surface area (Å²) in [4.78, 5) is 58.1. The van der Waals surface area contributed by atoms with Crippen molar-refractivity contribution in [1.82, 2.24) is 0 Å². The van der Waals surface area contributed by atoms with Crippen LogP contribution in [-0.2, 0) is 55.8 Å². The molecule has 482 valence electrons. The molecule has 5 unspecified atom stereocenters. The van der Waals surface area contributed by atoms with E-state index >= 15 is 0 Å². The van der Waals surface area contributed by atoms with E-state index in [9.17, 15) is 43.5 Å². The summed E-state index contributed by atoms with van der Waals surface area (Å²) in [6, 6.07) is 0. The monoisotopic (exact) mass is 1230 g/mol. The molecule has 85 heavy (non-hydrogen) atoms. The van der Waals surface area contributed by atoms with Gasteiger partial charge in [-0.3, -0.25) is 32.5 Å². The van der Waals surface area contributed by atoms with Gasteiger partial charge in [0.2, 0.25) is 0 Å². The van der Waals surface area contributed by atoms with E-state index in [1.165, 1.54) is 12.8 Å². The molecule has 0 spiro atoms. The van der Waals surface area contributed by atoms with E-state index in [0.29, 0.717) is 25.7 Å². The maximum Gasteiger partial charge on any atom is 0.472 e. The summed E-state index contributed by atoms with van der Waals surface area (Å²) in [5.41, 5.74) is 0. The van der Waals surface area contributed by atoms with E-state index in [-0.39, 0.29) is 19.3 Å². The second-order valence-electron chi connectivity index (χ2n) is 20.1. The van der Waals surface area contributed by atoms with Gasteiger partial charge in [0.1, 0.15) is 25.4 Å². The van der Waals surface area contributed by atoms with Crippen LogP contribution >= 0.6 is 15.6 Å². The zero-order valence-electron chi connectivity index (χ0n) is 51.7. The Kier molecular flexibility index (Phi) is 56.5. The molecule has 5 atom stereocenters. The highest BCUT2D eigenvalue weighted by atomic mass is 31.2. The number of hydrogen-bond donors (Lipinski definition) is 4. The molecule has 0 aliphatic heterocycles. The number of unbranched alkanes of at least 4 members (excludes halogenated alkanes) is 10. The molecule has 0 amide bonds. The van der Waals surface area contributed by atoms with Gasteiger partial charge in [-0.05, 0) is 128 Å². The van der Waals surface area contributed by atoms with Gasteiger partial charge in [-0.15, -0.1) is 0 Å². The van der Waals surface area contributed by atoms with Crippen LogP contribution in [0.15, 0.2) is 146 Å². The third-order valence-corrected chi connectivity index (χ3v) is 13.9. The Balaban J connectivity index is 4.71. The molecule has 16 nitrogen and oxygen atoms in total. The number of ether oxygens (including phenoxy) is 3. The molecule has 0 aromatic carbocycles. The molecule has 0 saturated heterocycles. The smallest absolute Gasteiger partial charge is 0.463 e. The molecule has 0 bridgehead atoms. The lowest BCUT2D eigenvalue weighted by molar-refractivity contribution is -0.161. The number of aliphatic hydroxyl groups excluding tert-OH is 2. The number of phosphoric acid groups is 2. The van der Waals surface area contributed by atoms with Gasteiger partial charge in [0, 0.05) is 19.3 Å². The number of rotatable bonds is 57. The van der Waals surface area contributed by atoms with Crippen molar-refractivity contribution in [2.24, 2.45) is 0 Å². The first-order valence-corrected chi connectivity index (χ1v) is 34.1. The molecule has 0 radical (unpaired) electrons. The summed E-state index contributed by atoms with van der Waals surface area (Å²) in [7, 11) is -9.80. The topological polar surface area (TPSA) is 231 Å². The standard InChI is InChI=1S/C67H108O16P2/c1-4-7-10-13-16-19-22-24-26-28-29-30-31-33-35-36-39-41-44-47-50-53-65(70)77-56-62(68)57-79-84(73,74)80-58-63(69)59-81-85(75,76)82-61-64(83-67(72)55-52-49-46-43-38-21-18-15-12-9-6-3)60-78-66(71)54-51-48-45-42-40-37-34-32-27-25-23-20-17-14-11-8-5-2/h7-8,10-11,15-20,24-27,29-30,33-35,37,39,41-42,45,62-64,68-69H,4-6,9,12-14,21-23,28,31-32,36,38,40,43-44,46-61H2,1-3H3,(H,73,74)(H,75,76)/b10-7-,11-8-,18-15-,19-16-,20-17-,26-24-,27-25-,30-29-,35-33-,37-34-,41-39-,45-42-. The van der Waals surface area contributed by atoms with Crippen LogP contribution in [0, 0.1) is 0 Å². The first-order chi connectivity index (χ1) is 41.2. The minimum absolute atomic E-state index is 0.0756. The Morgan fingerprint density at radius 3 is 1.07 bits per heavy atom. The van der Waals surface area contributed by atoms with E-state index in [1.807, 2.05) is 12.2 Å². The Hall–Kier alpha value is -4.57. The fourth-order valence-corrected chi connectivity index (χ4v) is 8.88. The number of aliphatic hydroxyl groups is 2. The number of carbonyl (C=O) groups excluding carboxylic acids is 3. The van der Waals surface area contributed by atoms with E-state index in [2.05, 4.69) is 154 Å². The summed E-state index contributed by atoms with van der Waals surface area (Å²) in [6.07, 6.45) is 69.3. The van der Waals surface area contributed by atoms with Crippen LogP contribution in [0.5, 0.6) is 0 Å². The largest absolute Gasteiger partial charge is 0.472 e. The van der Waals surface area contributed by atoms with Gasteiger partial charge >= 0.3 is 33.6 Å². The first kappa shape index (κ1) is 80.4. The average molecular weight is 1230 g/mol. The summed E-state index contributed by atoms with van der Waals surface area (Å²) in [5.74, 6) is -1.71. The molecule has 0 rings (SSSR count). The van der Waals surface area contributed by atoms with E-state index in [0.717, 1.165) is 122 Å². The van der Waals surface area contributed by atoms with Crippen molar-refractivity contribution in [1.29, 1.82) is 0 Å². The lowest BCUT2D eigenvalue weighted by Gasteiger charge is -2.21. The average Bonchev–Trinajstić information content (AvgIpc) is 3.60. The van der Waals surface area contributed by atoms with Gasteiger partial charge in [-0.1, -0.05) is 199 Å². The molecule has 0 aliphatic rings. The number of esters is 3. The molecule has 0 aliphatic carbocycles. The van der Waals surface area contributed by atoms with Gasteiger partial charge in [-0.2, -0.15) is 0 Å². The highest BCUT2D eigenvalue weighted by Gasteiger charge is 2.29. The fraction of sp³-hybridized carbons (Fsp3) is 0.597. The van der Waals surface area contributed by atoms with Crippen LogP contribution in [0.4, 0.5) is 0 Å². The number of hydrogen-bond acceptors (Lipinski definition) is 14. The Morgan fingerprint density at radius 2 is 0.635 bits per heavy atom. The Morgan fingerprint density at radius 1 is 0.341 bits per heavy atom. The summed E-state index contributed by atoms with van der Waals surface area (Å²) < 4.78 is 60.5. The molecular formula is C67H108O16P2. The van der Waals surface area contributed by atoms with Crippen LogP contribution in [-0.4, -0.2) is 95.9 Å². The predicted molar refractivity (Wildman–Crippen MR) is 343 cm³/mol. The molecule has 0 saturated carbocycles. The summed E-state index contributed by atoms with van der Waals surface area (Å²) >= 11 is 0. The molecule has 0 aromatic rings. The Bertz CT molecular complexity index is 2130. The van der Waals surface area contributed by atoms with Gasteiger partial charge in [0.25, 0.3) is 0 Å². The van der Waals surface area contributed by atoms with Crippen molar-refractivity contribution in [3.8, 4) is 0 Å². The number of carbonyl (C=O) groups is 3. The van der Waals surface area contributed by atoms with E-state index in [4.69, 9.17) is 32.3 Å². The van der Waals surface area contributed by atoms with Crippen LogP contribution in [0.2, 0.25) is 0 Å². The van der Waals surface area contributed by atoms with Crippen LogP contribution in [0.25, 0.3) is 0 Å². The highest BCUT2D eigenvalue weighted by Crippen LogP contribution is 2.45. The maximum absolute atomic E-state index is 12.8. The summed E-state index contributed by atoms with van der Waals surface area (Å²) in [5, 5.41) is 20.5. The molecular weight excluding hydrogens is 1120 g/mol. The van der Waals surface area contributed by atoms with Crippen molar-refractivity contribution >= 4 is 33.6 Å². The van der Waals surface area contributed by atoms with Crippen molar-refractivity contribution < 1.29 is 75.8 Å². The van der Waals surface area contributed by atoms with Crippen LogP contribution in [0.3, 0.4) is 0 Å². The minimum Gasteiger partial charge on any atom is -0.463 e. The zero-order valence-corrected chi connectivity index (χ0v) is 53.5. The predicted octanol–water partition coefficient (Wildman–Crippen LogP) is 16.6. The molecule has 0 heterocycles. The molecule has 18 heteroatoms. The zero-order chi connectivity index (χ0) is 62.4. The van der Waals surface area contributed by atoms with Gasteiger partial charge < -0.3 is 34.2 Å². The second-order valence-corrected chi connectivity index (χ2v) is 23.0. The lowest BCUT2D eigenvalue weighted by atomic mass is 10.1. The van der Waals surface area contributed by atoms with Crippen LogP contribution < -0.4 is 0 Å². The minimum atomic E-state index is -4.94. The highest BCUT2D eigenvalue weighted by molar-refractivity contribution is 7.47. The van der Waals surface area contributed by atoms with Crippen molar-refractivity contribution in [3.05, 3.63) is 146 Å². The normalized spacial score (nSPS) is 15.3. The third kappa shape index (κ3) is 60.9. The van der Waals surface area contributed by atoms with E-state index < -0.39 is 91.5 Å². The summed E-state index contributed by atoms with van der Waals surface area (Å²) in [6.45, 7) is 2.21. The van der Waals surface area contributed by atoms with Crippen molar-refractivity contribution in [2.45, 2.75) is 219 Å². The molecule has 4 N–H and O–H groups in total. The van der Waals surface area contributed by atoms with Gasteiger partial charge in [0.05, 0.1) is 26.4 Å². The maximum atomic E-state index is 12.8. The number of allylic oxidation sites excluding steroid dienone is 24. The van der Waals surface area contributed by atoms with E-state index in [1.54, 1.807) is 0 Å². The van der Waals surface area contributed by atoms with Crippen molar-refractivity contribution in [2.75, 3.05) is 39.6 Å². The van der Waals surface area contributed by atoms with Gasteiger partial charge in [0.15, 0.2) is 6.10 Å². The third-order valence-electron chi connectivity index (χ3n) is 12.0. The Labute approximate surface area is 511 Å². The second kappa shape index (κ2) is 59.7. The molecule has 0 aromatic heterocycles. The van der Waals surface area contributed by atoms with Crippen LogP contribution in [0.1, 0.15) is 201 Å². The quantitative estimate of drug-likeness (QED) is 0.0146. The SMILES string of the molecule is CC/C=C\C/C=C\C/C=C\C/C=C\C/C=C\C/C=C\CCCCC(=O)OCC(O)COP(=O)(O)OCC(O)COP(=O)(O)OCC(COC(=O)CCC/C=C\C/C=C\C/C=C\C/C=C\C/C=C\CC)OC(=O)CCCCCCC/C=C\CCCC. The fourth-order valence-electron chi connectivity index (χ4n) is 7.29. The number of phosphoric ester groups is 2. The van der Waals surface area contributed by atoms with Crippen molar-refractivity contribution in [3.63, 3.8) is 0 Å². The molecule has 0 fully saturated rings. The lowest BCUT2D eigenvalue weighted by Crippen LogP contribution is -2.30.